The van der Waals surface area contributed by atoms with Gasteiger partial charge in [0.05, 0.1) is 0 Å². The molecular formula is C17H22N2O3. The van der Waals surface area contributed by atoms with Crippen LogP contribution in [-0.4, -0.2) is 37.6 Å². The number of carbonyl (C=O) groups excluding carboxylic acids is 2. The van der Waals surface area contributed by atoms with Gasteiger partial charge in [0, 0.05) is 31.2 Å². The van der Waals surface area contributed by atoms with Gasteiger partial charge in [0.25, 0.3) is 0 Å². The number of ether oxygens (including phenoxy) is 1. The second kappa shape index (κ2) is 6.48. The van der Waals surface area contributed by atoms with E-state index in [1.807, 2.05) is 18.2 Å². The van der Waals surface area contributed by atoms with Crippen molar-refractivity contribution in [3.8, 4) is 0 Å². The van der Waals surface area contributed by atoms with Gasteiger partial charge >= 0.3 is 11.8 Å². The summed E-state index contributed by atoms with van der Waals surface area (Å²) in [6.07, 6.45) is 3.65. The number of rotatable bonds is 4. The highest BCUT2D eigenvalue weighted by Crippen LogP contribution is 2.34. The smallest absolute Gasteiger partial charge is 0.309 e. The number of amides is 2. The Morgan fingerprint density at radius 2 is 1.77 bits per heavy atom. The Hall–Kier alpha value is -1.88. The molecular weight excluding hydrogens is 280 g/mol. The summed E-state index contributed by atoms with van der Waals surface area (Å²) in [5.74, 6) is -1.05. The standard InChI is InChI=1S/C17H22N2O3/c20-15(16(21)19-14-6-7-14)18-12-17(8-10-22-11-9-17)13-4-2-1-3-5-13/h1-5,14H,6-12H2,(H,18,20)(H,19,21). The van der Waals surface area contributed by atoms with Crippen LogP contribution in [0.15, 0.2) is 30.3 Å². The van der Waals surface area contributed by atoms with E-state index in [0.717, 1.165) is 25.7 Å². The zero-order valence-electron chi connectivity index (χ0n) is 12.6. The average Bonchev–Trinajstić information content (AvgIpc) is 3.38. The highest BCUT2D eigenvalue weighted by molar-refractivity contribution is 6.35. The molecule has 1 aromatic rings. The molecule has 5 nitrogen and oxygen atoms in total. The van der Waals surface area contributed by atoms with Crippen LogP contribution in [0.2, 0.25) is 0 Å². The first-order valence-electron chi connectivity index (χ1n) is 7.92. The van der Waals surface area contributed by atoms with E-state index in [4.69, 9.17) is 4.74 Å². The van der Waals surface area contributed by atoms with Gasteiger partial charge < -0.3 is 15.4 Å². The van der Waals surface area contributed by atoms with Gasteiger partial charge in [-0.25, -0.2) is 0 Å². The molecule has 1 heterocycles. The molecule has 1 aromatic carbocycles. The Balaban J connectivity index is 1.65. The van der Waals surface area contributed by atoms with Crippen molar-refractivity contribution in [2.75, 3.05) is 19.8 Å². The first-order valence-corrected chi connectivity index (χ1v) is 7.92. The molecule has 0 radical (unpaired) electrons. The number of carbonyl (C=O) groups is 2. The van der Waals surface area contributed by atoms with Crippen molar-refractivity contribution in [3.63, 3.8) is 0 Å². The van der Waals surface area contributed by atoms with Crippen LogP contribution in [0.5, 0.6) is 0 Å². The Morgan fingerprint density at radius 3 is 2.41 bits per heavy atom. The molecule has 1 saturated carbocycles. The Bertz CT molecular complexity index is 534. The van der Waals surface area contributed by atoms with Crippen molar-refractivity contribution in [1.82, 2.24) is 10.6 Å². The van der Waals surface area contributed by atoms with E-state index < -0.39 is 11.8 Å². The van der Waals surface area contributed by atoms with E-state index in [-0.39, 0.29) is 11.5 Å². The molecule has 0 aromatic heterocycles. The molecule has 3 rings (SSSR count). The highest BCUT2D eigenvalue weighted by atomic mass is 16.5. The molecule has 22 heavy (non-hydrogen) atoms. The maximum atomic E-state index is 12.0. The summed E-state index contributed by atoms with van der Waals surface area (Å²) >= 11 is 0. The zero-order valence-corrected chi connectivity index (χ0v) is 12.6. The van der Waals surface area contributed by atoms with Crippen LogP contribution in [0.3, 0.4) is 0 Å². The summed E-state index contributed by atoms with van der Waals surface area (Å²) in [5.41, 5.74) is 1.05. The third-order valence-corrected chi connectivity index (χ3v) is 4.54. The van der Waals surface area contributed by atoms with Crippen molar-refractivity contribution in [3.05, 3.63) is 35.9 Å². The zero-order chi connectivity index (χ0) is 15.4. The van der Waals surface area contributed by atoms with Gasteiger partial charge in [0.1, 0.15) is 0 Å². The van der Waals surface area contributed by atoms with E-state index in [0.29, 0.717) is 19.8 Å². The van der Waals surface area contributed by atoms with Gasteiger partial charge in [0.2, 0.25) is 0 Å². The van der Waals surface area contributed by atoms with Crippen LogP contribution in [0.1, 0.15) is 31.2 Å². The Labute approximate surface area is 130 Å². The second-order valence-electron chi connectivity index (χ2n) is 6.19. The lowest BCUT2D eigenvalue weighted by Gasteiger charge is -2.37. The van der Waals surface area contributed by atoms with Gasteiger partial charge in [-0.1, -0.05) is 30.3 Å². The van der Waals surface area contributed by atoms with E-state index in [2.05, 4.69) is 22.8 Å². The molecule has 1 aliphatic heterocycles. The summed E-state index contributed by atoms with van der Waals surface area (Å²) < 4.78 is 5.47. The largest absolute Gasteiger partial charge is 0.381 e. The predicted molar refractivity (Wildman–Crippen MR) is 82.3 cm³/mol. The van der Waals surface area contributed by atoms with Crippen molar-refractivity contribution < 1.29 is 14.3 Å². The van der Waals surface area contributed by atoms with Gasteiger partial charge in [-0.3, -0.25) is 9.59 Å². The molecule has 0 unspecified atom stereocenters. The summed E-state index contributed by atoms with van der Waals surface area (Å²) in [6.45, 7) is 1.83. The summed E-state index contributed by atoms with van der Waals surface area (Å²) in [6, 6.07) is 10.4. The van der Waals surface area contributed by atoms with Crippen molar-refractivity contribution in [2.45, 2.75) is 37.1 Å². The fraction of sp³-hybridized carbons (Fsp3) is 0.529. The number of benzene rings is 1. The SMILES string of the molecule is O=C(NCC1(c2ccccc2)CCOCC1)C(=O)NC1CC1. The molecule has 2 fully saturated rings. The minimum atomic E-state index is -0.534. The lowest BCUT2D eigenvalue weighted by atomic mass is 9.74. The van der Waals surface area contributed by atoms with Crippen LogP contribution in [0, 0.1) is 0 Å². The van der Waals surface area contributed by atoms with E-state index in [9.17, 15) is 9.59 Å². The lowest BCUT2D eigenvalue weighted by molar-refractivity contribution is -0.139. The van der Waals surface area contributed by atoms with E-state index >= 15 is 0 Å². The Morgan fingerprint density at radius 1 is 1.09 bits per heavy atom. The van der Waals surface area contributed by atoms with Crippen LogP contribution in [0.25, 0.3) is 0 Å². The van der Waals surface area contributed by atoms with Crippen LogP contribution < -0.4 is 10.6 Å². The minimum absolute atomic E-state index is 0.144. The van der Waals surface area contributed by atoms with E-state index in [1.165, 1.54) is 5.56 Å². The minimum Gasteiger partial charge on any atom is -0.381 e. The maximum absolute atomic E-state index is 12.0. The average molecular weight is 302 g/mol. The third kappa shape index (κ3) is 3.47. The molecule has 2 N–H and O–H groups in total. The second-order valence-corrected chi connectivity index (χ2v) is 6.19. The number of nitrogens with one attached hydrogen (secondary N) is 2. The molecule has 5 heteroatoms. The third-order valence-electron chi connectivity index (χ3n) is 4.54. The van der Waals surface area contributed by atoms with Crippen molar-refractivity contribution in [2.24, 2.45) is 0 Å². The first kappa shape index (κ1) is 15.0. The van der Waals surface area contributed by atoms with Crippen LogP contribution in [0.4, 0.5) is 0 Å². The van der Waals surface area contributed by atoms with Crippen LogP contribution in [-0.2, 0) is 19.7 Å². The lowest BCUT2D eigenvalue weighted by Crippen LogP contribution is -2.48. The van der Waals surface area contributed by atoms with Crippen molar-refractivity contribution in [1.29, 1.82) is 0 Å². The fourth-order valence-electron chi connectivity index (χ4n) is 2.93. The summed E-state index contributed by atoms with van der Waals surface area (Å²) in [7, 11) is 0. The molecule has 1 aliphatic carbocycles. The summed E-state index contributed by atoms with van der Waals surface area (Å²) in [5, 5.41) is 5.54. The van der Waals surface area contributed by atoms with Crippen molar-refractivity contribution >= 4 is 11.8 Å². The molecule has 0 bridgehead atoms. The molecule has 1 saturated heterocycles. The Kier molecular flexibility index (Phi) is 4.43. The number of hydrogen-bond acceptors (Lipinski definition) is 3. The van der Waals surface area contributed by atoms with Crippen LogP contribution >= 0.6 is 0 Å². The number of hydrogen-bond donors (Lipinski definition) is 2. The fourth-order valence-corrected chi connectivity index (χ4v) is 2.93. The molecule has 0 atom stereocenters. The topological polar surface area (TPSA) is 67.4 Å². The monoisotopic (exact) mass is 302 g/mol. The molecule has 2 amide bonds. The van der Waals surface area contributed by atoms with Gasteiger partial charge in [-0.05, 0) is 31.2 Å². The van der Waals surface area contributed by atoms with E-state index in [1.54, 1.807) is 0 Å². The maximum Gasteiger partial charge on any atom is 0.309 e. The molecule has 0 spiro atoms. The highest BCUT2D eigenvalue weighted by Gasteiger charge is 2.35. The quantitative estimate of drug-likeness (QED) is 0.819. The normalized spacial score (nSPS) is 20.2. The van der Waals surface area contributed by atoms with Gasteiger partial charge in [-0.15, -0.1) is 0 Å². The first-order chi connectivity index (χ1) is 10.7. The molecule has 2 aliphatic rings. The van der Waals surface area contributed by atoms with Gasteiger partial charge in [-0.2, -0.15) is 0 Å². The summed E-state index contributed by atoms with van der Waals surface area (Å²) in [4.78, 5) is 23.7. The molecule has 118 valence electrons. The van der Waals surface area contributed by atoms with Gasteiger partial charge in [0.15, 0.2) is 0 Å². The predicted octanol–water partition coefficient (Wildman–Crippen LogP) is 1.13.